The van der Waals surface area contributed by atoms with Crippen LogP contribution in [0.3, 0.4) is 0 Å². The van der Waals surface area contributed by atoms with Gasteiger partial charge in [-0.15, -0.1) is 0 Å². The van der Waals surface area contributed by atoms with Crippen LogP contribution in [0.4, 0.5) is 4.79 Å². The Morgan fingerprint density at radius 1 is 0.833 bits per heavy atom. The topological polar surface area (TPSA) is 88.2 Å². The first-order valence-electron chi connectivity index (χ1n) is 11.6. The molecule has 1 aliphatic heterocycles. The normalized spacial score (nSPS) is 17.3. The molecule has 4 amide bonds. The molecular formula is C28H29N3O5. The lowest BCUT2D eigenvalue weighted by atomic mass is 9.88. The molecule has 8 heteroatoms. The molecule has 0 bridgehead atoms. The Hall–Kier alpha value is -4.33. The third-order valence-corrected chi connectivity index (χ3v) is 6.42. The number of methoxy groups -OCH3 is 2. The van der Waals surface area contributed by atoms with E-state index >= 15 is 0 Å². The first-order valence-corrected chi connectivity index (χ1v) is 11.6. The summed E-state index contributed by atoms with van der Waals surface area (Å²) in [7, 11) is 4.60. The number of amides is 4. The standard InChI is InChI=1S/C28H29N3O5/c1-30-27(34)31(19-21-12-8-5-9-13-21)26(33)28(30,17-20-10-6-4-7-11-20)25(32)29-18-22-14-23(35-2)16-24(15-22)36-3/h4-16H,17-19H2,1-3H3,(H,29,32)/t28-/m1/s1. The van der Waals surface area contributed by atoms with Crippen LogP contribution in [0.25, 0.3) is 0 Å². The van der Waals surface area contributed by atoms with Gasteiger partial charge in [0.05, 0.1) is 20.8 Å². The first-order chi connectivity index (χ1) is 17.4. The van der Waals surface area contributed by atoms with Crippen LogP contribution in [-0.4, -0.2) is 54.5 Å². The quantitative estimate of drug-likeness (QED) is 0.369. The minimum atomic E-state index is -1.73. The number of rotatable bonds is 9. The van der Waals surface area contributed by atoms with E-state index in [1.165, 1.54) is 11.9 Å². The SMILES string of the molecule is COc1cc(CNC(=O)[C@]2(Cc3ccccc3)C(=O)N(Cc3ccccc3)C(=O)N2C)cc(OC)c1. The number of benzene rings is 3. The minimum Gasteiger partial charge on any atom is -0.497 e. The van der Waals surface area contributed by atoms with E-state index in [0.717, 1.165) is 21.6 Å². The van der Waals surface area contributed by atoms with E-state index in [9.17, 15) is 14.4 Å². The zero-order valence-electron chi connectivity index (χ0n) is 20.6. The molecule has 3 aromatic rings. The van der Waals surface area contributed by atoms with Crippen LogP contribution in [-0.2, 0) is 29.1 Å². The molecule has 1 fully saturated rings. The van der Waals surface area contributed by atoms with Crippen molar-refractivity contribution in [2.45, 2.75) is 25.0 Å². The lowest BCUT2D eigenvalue weighted by Gasteiger charge is -2.31. The number of likely N-dealkylation sites (N-methyl/N-ethyl adjacent to an activating group) is 1. The summed E-state index contributed by atoms with van der Waals surface area (Å²) in [4.78, 5) is 43.4. The molecule has 4 rings (SSSR count). The van der Waals surface area contributed by atoms with E-state index in [-0.39, 0.29) is 19.5 Å². The average molecular weight is 488 g/mol. The molecular weight excluding hydrogens is 458 g/mol. The molecule has 0 radical (unpaired) electrons. The summed E-state index contributed by atoms with van der Waals surface area (Å²) in [6.07, 6.45) is 0.0491. The maximum absolute atomic E-state index is 13.9. The summed E-state index contributed by atoms with van der Waals surface area (Å²) in [5.74, 6) is 0.0553. The highest BCUT2D eigenvalue weighted by atomic mass is 16.5. The molecule has 1 aliphatic rings. The number of nitrogens with one attached hydrogen (secondary N) is 1. The number of nitrogens with zero attached hydrogens (tertiary/aromatic N) is 2. The van der Waals surface area contributed by atoms with Crippen molar-refractivity contribution >= 4 is 17.8 Å². The monoisotopic (exact) mass is 487 g/mol. The molecule has 3 aromatic carbocycles. The van der Waals surface area contributed by atoms with E-state index < -0.39 is 23.4 Å². The summed E-state index contributed by atoms with van der Waals surface area (Å²) >= 11 is 0. The van der Waals surface area contributed by atoms with Gasteiger partial charge in [-0.25, -0.2) is 4.79 Å². The number of carbonyl (C=O) groups excluding carboxylic acids is 3. The summed E-state index contributed by atoms with van der Waals surface area (Å²) in [5.41, 5.74) is 0.572. The van der Waals surface area contributed by atoms with E-state index in [0.29, 0.717) is 11.5 Å². The Morgan fingerprint density at radius 3 is 1.94 bits per heavy atom. The van der Waals surface area contributed by atoms with Crippen LogP contribution >= 0.6 is 0 Å². The molecule has 36 heavy (non-hydrogen) atoms. The molecule has 186 valence electrons. The maximum atomic E-state index is 13.9. The van der Waals surface area contributed by atoms with Crippen molar-refractivity contribution in [1.82, 2.24) is 15.1 Å². The van der Waals surface area contributed by atoms with Gasteiger partial charge in [0.15, 0.2) is 0 Å². The maximum Gasteiger partial charge on any atom is 0.328 e. The zero-order valence-corrected chi connectivity index (χ0v) is 20.6. The lowest BCUT2D eigenvalue weighted by Crippen LogP contribution is -2.60. The van der Waals surface area contributed by atoms with Crippen LogP contribution < -0.4 is 14.8 Å². The Bertz CT molecular complexity index is 1230. The minimum absolute atomic E-state index is 0.0491. The predicted molar refractivity (Wildman–Crippen MR) is 134 cm³/mol. The van der Waals surface area contributed by atoms with Crippen molar-refractivity contribution in [2.24, 2.45) is 0 Å². The summed E-state index contributed by atoms with van der Waals surface area (Å²) in [6.45, 7) is 0.205. The van der Waals surface area contributed by atoms with Gasteiger partial charge < -0.3 is 19.7 Å². The predicted octanol–water partition coefficient (Wildman–Crippen LogP) is 3.40. The van der Waals surface area contributed by atoms with Gasteiger partial charge in [0.25, 0.3) is 11.8 Å². The van der Waals surface area contributed by atoms with Gasteiger partial charge in [0, 0.05) is 26.1 Å². The highest BCUT2D eigenvalue weighted by molar-refractivity contribution is 6.20. The fraction of sp³-hybridized carbons (Fsp3) is 0.250. The van der Waals surface area contributed by atoms with E-state index in [1.54, 1.807) is 32.4 Å². The van der Waals surface area contributed by atoms with Crippen LogP contribution in [0, 0.1) is 0 Å². The zero-order chi connectivity index (χ0) is 25.7. The van der Waals surface area contributed by atoms with E-state index in [1.807, 2.05) is 60.7 Å². The second kappa shape index (κ2) is 10.5. The van der Waals surface area contributed by atoms with Crippen molar-refractivity contribution in [1.29, 1.82) is 0 Å². The van der Waals surface area contributed by atoms with Crippen LogP contribution in [0.15, 0.2) is 78.9 Å². The van der Waals surface area contributed by atoms with Gasteiger partial charge >= 0.3 is 6.03 Å². The highest BCUT2D eigenvalue weighted by Gasteiger charge is 2.60. The fourth-order valence-corrected chi connectivity index (χ4v) is 4.42. The van der Waals surface area contributed by atoms with Gasteiger partial charge in [-0.1, -0.05) is 60.7 Å². The van der Waals surface area contributed by atoms with E-state index in [2.05, 4.69) is 5.32 Å². The number of hydrogen-bond donors (Lipinski definition) is 1. The third-order valence-electron chi connectivity index (χ3n) is 6.42. The third kappa shape index (κ3) is 4.75. The number of urea groups is 1. The molecule has 0 aromatic heterocycles. The van der Waals surface area contributed by atoms with Gasteiger partial charge in [0.2, 0.25) is 5.54 Å². The number of imide groups is 1. The molecule has 1 saturated heterocycles. The fourth-order valence-electron chi connectivity index (χ4n) is 4.42. The molecule has 8 nitrogen and oxygen atoms in total. The van der Waals surface area contributed by atoms with Crippen LogP contribution in [0.2, 0.25) is 0 Å². The Kier molecular flexibility index (Phi) is 7.24. The van der Waals surface area contributed by atoms with Gasteiger partial charge in [0.1, 0.15) is 11.5 Å². The Labute approximate surface area is 210 Å². The van der Waals surface area contributed by atoms with Crippen molar-refractivity contribution < 1.29 is 23.9 Å². The second-order valence-corrected chi connectivity index (χ2v) is 8.64. The van der Waals surface area contributed by atoms with Crippen LogP contribution in [0.5, 0.6) is 11.5 Å². The number of ether oxygens (including phenoxy) is 2. The van der Waals surface area contributed by atoms with Crippen molar-refractivity contribution in [2.75, 3.05) is 21.3 Å². The molecule has 0 aliphatic carbocycles. The Balaban J connectivity index is 1.66. The smallest absolute Gasteiger partial charge is 0.328 e. The van der Waals surface area contributed by atoms with Gasteiger partial charge in [-0.3, -0.25) is 14.5 Å². The molecule has 1 atom stereocenters. The van der Waals surface area contributed by atoms with Crippen molar-refractivity contribution in [3.63, 3.8) is 0 Å². The average Bonchev–Trinajstić information content (AvgIpc) is 3.09. The first kappa shape index (κ1) is 24.8. The summed E-state index contributed by atoms with van der Waals surface area (Å²) in [5, 5.41) is 2.88. The van der Waals surface area contributed by atoms with Gasteiger partial charge in [-0.05, 0) is 28.8 Å². The van der Waals surface area contributed by atoms with Crippen LogP contribution in [0.1, 0.15) is 16.7 Å². The highest BCUT2D eigenvalue weighted by Crippen LogP contribution is 2.32. The molecule has 0 spiro atoms. The molecule has 1 heterocycles. The van der Waals surface area contributed by atoms with Crippen molar-refractivity contribution in [3.8, 4) is 11.5 Å². The summed E-state index contributed by atoms with van der Waals surface area (Å²) in [6, 6.07) is 23.2. The molecule has 0 unspecified atom stereocenters. The lowest BCUT2D eigenvalue weighted by molar-refractivity contribution is -0.143. The van der Waals surface area contributed by atoms with Gasteiger partial charge in [-0.2, -0.15) is 0 Å². The Morgan fingerprint density at radius 2 is 1.39 bits per heavy atom. The molecule has 1 N–H and O–H groups in total. The summed E-state index contributed by atoms with van der Waals surface area (Å²) < 4.78 is 10.6. The second-order valence-electron chi connectivity index (χ2n) is 8.64. The molecule has 0 saturated carbocycles. The van der Waals surface area contributed by atoms with Crippen molar-refractivity contribution in [3.05, 3.63) is 95.6 Å². The number of hydrogen-bond acceptors (Lipinski definition) is 5. The van der Waals surface area contributed by atoms with E-state index in [4.69, 9.17) is 9.47 Å². The largest absolute Gasteiger partial charge is 0.497 e. The number of carbonyl (C=O) groups is 3.